The van der Waals surface area contributed by atoms with Gasteiger partial charge >= 0.3 is 11.7 Å². The second kappa shape index (κ2) is 7.56. The van der Waals surface area contributed by atoms with Gasteiger partial charge in [0.1, 0.15) is 9.77 Å². The highest BCUT2D eigenvalue weighted by Gasteiger charge is 2.40. The Hall–Kier alpha value is -3.21. The number of sulfonamides is 1. The van der Waals surface area contributed by atoms with Gasteiger partial charge in [-0.3, -0.25) is 10.0 Å². The predicted molar refractivity (Wildman–Crippen MR) is 112 cm³/mol. The highest BCUT2D eigenvalue weighted by atomic mass is 35.5. The van der Waals surface area contributed by atoms with E-state index in [4.69, 9.17) is 11.6 Å². The van der Waals surface area contributed by atoms with Crippen molar-refractivity contribution in [1.29, 1.82) is 0 Å². The molecule has 2 aromatic carbocycles. The second-order valence-corrected chi connectivity index (χ2v) is 9.83. The molecular weight excluding hydrogens is 450 g/mol. The minimum absolute atomic E-state index is 0.0863. The van der Waals surface area contributed by atoms with Crippen molar-refractivity contribution in [2.24, 2.45) is 0 Å². The minimum atomic E-state index is -4.04. The molecule has 0 aliphatic carbocycles. The number of ketones is 1. The first-order chi connectivity index (χ1) is 14.3. The van der Waals surface area contributed by atoms with Crippen molar-refractivity contribution in [3.8, 4) is 0 Å². The van der Waals surface area contributed by atoms with Crippen LogP contribution in [0.25, 0.3) is 0 Å². The Morgan fingerprint density at radius 2 is 1.73 bits per heavy atom. The molecular formula is C19H13ClN3O5S2+. The molecule has 0 unspecified atom stereocenters. The zero-order valence-electron chi connectivity index (χ0n) is 15.0. The van der Waals surface area contributed by atoms with Crippen LogP contribution in [0.15, 0.2) is 64.9 Å². The predicted octanol–water partition coefficient (Wildman–Crippen LogP) is 3.63. The lowest BCUT2D eigenvalue weighted by Crippen LogP contribution is -2.33. The molecule has 4 rings (SSSR count). The average molecular weight is 463 g/mol. The molecule has 0 saturated heterocycles. The Kier molecular flexibility index (Phi) is 5.06. The number of para-hydroxylation sites is 1. The third-order valence-electron chi connectivity index (χ3n) is 4.26. The number of amides is 2. The summed E-state index contributed by atoms with van der Waals surface area (Å²) in [6, 6.07) is 14.5. The molecule has 0 fully saturated rings. The van der Waals surface area contributed by atoms with E-state index in [1.165, 1.54) is 36.4 Å². The fourth-order valence-corrected chi connectivity index (χ4v) is 5.32. The molecule has 2 heterocycles. The first-order valence-corrected chi connectivity index (χ1v) is 11.1. The van der Waals surface area contributed by atoms with Gasteiger partial charge in [0.05, 0.1) is 9.90 Å². The molecule has 2 amide bonds. The summed E-state index contributed by atoms with van der Waals surface area (Å²) in [6.45, 7) is 0. The largest absolute Gasteiger partial charge is 0.333 e. The number of benzene rings is 2. The van der Waals surface area contributed by atoms with E-state index in [0.717, 1.165) is 16.1 Å². The number of carbonyl (C=O) groups excluding carboxylic acids is 2. The quantitative estimate of drug-likeness (QED) is 0.404. The molecule has 8 nitrogen and oxygen atoms in total. The highest BCUT2D eigenvalue weighted by molar-refractivity contribution is 7.92. The van der Waals surface area contributed by atoms with E-state index >= 15 is 0 Å². The van der Waals surface area contributed by atoms with Crippen molar-refractivity contribution < 1.29 is 28.0 Å². The monoisotopic (exact) mass is 462 g/mol. The van der Waals surface area contributed by atoms with Crippen molar-refractivity contribution in [2.75, 3.05) is 5.32 Å². The van der Waals surface area contributed by atoms with Gasteiger partial charge in [0.25, 0.3) is 21.5 Å². The molecule has 1 aliphatic heterocycles. The summed E-state index contributed by atoms with van der Waals surface area (Å²) >= 11 is 6.56. The first-order valence-electron chi connectivity index (χ1n) is 8.45. The lowest BCUT2D eigenvalue weighted by Gasteiger charge is -2.07. The fourth-order valence-electron chi connectivity index (χ4n) is 2.93. The fraction of sp³-hybridized carbons (Fsp3) is 0. The van der Waals surface area contributed by atoms with Crippen LogP contribution in [0.4, 0.5) is 16.2 Å². The maximum atomic E-state index is 12.6. The molecule has 0 radical (unpaired) electrons. The molecule has 1 aliphatic rings. The summed E-state index contributed by atoms with van der Waals surface area (Å²) in [6.07, 6.45) is 0. The molecule has 30 heavy (non-hydrogen) atoms. The highest BCUT2D eigenvalue weighted by Crippen LogP contribution is 2.28. The van der Waals surface area contributed by atoms with Crippen LogP contribution in [-0.2, 0) is 10.0 Å². The Balaban J connectivity index is 1.49. The number of carbonyl (C=O) groups is 2. The van der Waals surface area contributed by atoms with Crippen LogP contribution in [0.3, 0.4) is 0 Å². The van der Waals surface area contributed by atoms with Gasteiger partial charge in [-0.1, -0.05) is 23.7 Å². The number of fused-ring (bicyclic) bond motifs is 1. The van der Waals surface area contributed by atoms with Gasteiger partial charge in [-0.05, 0) is 42.5 Å². The lowest BCUT2D eigenvalue weighted by molar-refractivity contribution is -0.710. The molecule has 3 aromatic rings. The van der Waals surface area contributed by atoms with E-state index < -0.39 is 16.1 Å². The number of thiophene rings is 1. The van der Waals surface area contributed by atoms with E-state index in [2.05, 4.69) is 5.32 Å². The van der Waals surface area contributed by atoms with Crippen molar-refractivity contribution in [3.05, 3.63) is 76.1 Å². The van der Waals surface area contributed by atoms with Crippen LogP contribution in [-0.4, -0.2) is 35.9 Å². The number of hydrogen-bond acceptors (Lipinski definition) is 6. The third-order valence-corrected chi connectivity index (χ3v) is 7.31. The number of rotatable bonds is 4. The van der Waals surface area contributed by atoms with E-state index in [-0.39, 0.29) is 20.0 Å². The molecule has 1 aromatic heterocycles. The molecule has 0 saturated carbocycles. The number of nitrogens with zero attached hydrogens (tertiary/aromatic N) is 1. The molecule has 0 bridgehead atoms. The standard InChI is InChI=1S/C19H12ClN3O5S2/c20-15-9-10-16(29-15)30(27,28)22-19(25)21-12-7-5-11(6-8-12)17-18(24)13-3-1-2-4-14(13)23(17)26/h1-10,26H,(H,22,25)/p+1. The zero-order valence-corrected chi connectivity index (χ0v) is 17.4. The van der Waals surface area contributed by atoms with Gasteiger partial charge < -0.3 is 5.32 Å². The number of halogens is 1. The Bertz CT molecular complexity index is 1310. The summed E-state index contributed by atoms with van der Waals surface area (Å²) in [5.41, 5.74) is 1.59. The van der Waals surface area contributed by atoms with Crippen LogP contribution in [0.5, 0.6) is 0 Å². The number of hydrogen-bond donors (Lipinski definition) is 3. The van der Waals surface area contributed by atoms with Crippen LogP contribution in [0.1, 0.15) is 15.9 Å². The third kappa shape index (κ3) is 3.67. The van der Waals surface area contributed by atoms with E-state index in [0.29, 0.717) is 22.5 Å². The Morgan fingerprint density at radius 1 is 1.03 bits per heavy atom. The van der Waals surface area contributed by atoms with Gasteiger partial charge in [-0.15, -0.1) is 11.3 Å². The second-order valence-electron chi connectivity index (χ2n) is 6.20. The van der Waals surface area contributed by atoms with Gasteiger partial charge in [0.2, 0.25) is 0 Å². The summed E-state index contributed by atoms with van der Waals surface area (Å²) in [5, 5.41) is 12.7. The summed E-state index contributed by atoms with van der Waals surface area (Å²) < 4.78 is 27.2. The zero-order chi connectivity index (χ0) is 21.5. The Morgan fingerprint density at radius 3 is 2.37 bits per heavy atom. The van der Waals surface area contributed by atoms with E-state index in [9.17, 15) is 23.2 Å². The maximum Gasteiger partial charge on any atom is 0.333 e. The Labute approximate surface area is 180 Å². The SMILES string of the molecule is O=C(Nc1ccc(C2=[N+](O)c3ccccc3C2=O)cc1)NS(=O)(=O)c1ccc(Cl)s1. The van der Waals surface area contributed by atoms with Gasteiger partial charge in [-0.25, -0.2) is 17.9 Å². The van der Waals surface area contributed by atoms with Crippen molar-refractivity contribution >= 4 is 61.9 Å². The van der Waals surface area contributed by atoms with E-state index in [1.807, 2.05) is 4.72 Å². The molecule has 3 N–H and O–H groups in total. The number of nitrogens with one attached hydrogen (secondary N) is 2. The maximum absolute atomic E-state index is 12.6. The van der Waals surface area contributed by atoms with Crippen LogP contribution >= 0.6 is 22.9 Å². The smallest absolute Gasteiger partial charge is 0.307 e. The van der Waals surface area contributed by atoms with Crippen molar-refractivity contribution in [1.82, 2.24) is 4.72 Å². The number of anilines is 1. The number of urea groups is 1. The normalized spacial score (nSPS) is 13.3. The van der Waals surface area contributed by atoms with Crippen LogP contribution in [0, 0.1) is 0 Å². The molecule has 0 atom stereocenters. The van der Waals surface area contributed by atoms with E-state index in [1.54, 1.807) is 24.3 Å². The first kappa shape index (κ1) is 20.1. The average Bonchev–Trinajstić information content (AvgIpc) is 3.25. The van der Waals surface area contributed by atoms with Crippen molar-refractivity contribution in [2.45, 2.75) is 4.21 Å². The molecule has 0 spiro atoms. The van der Waals surface area contributed by atoms with Crippen molar-refractivity contribution in [3.63, 3.8) is 0 Å². The molecule has 11 heteroatoms. The topological polar surface area (TPSA) is 116 Å². The van der Waals surface area contributed by atoms with Gasteiger partial charge in [0.15, 0.2) is 0 Å². The lowest BCUT2D eigenvalue weighted by atomic mass is 10.0. The minimum Gasteiger partial charge on any atom is -0.307 e. The number of Topliss-reactive ketones (excluding diaryl/α,β-unsaturated/α-hetero) is 1. The molecule has 152 valence electrons. The summed E-state index contributed by atoms with van der Waals surface area (Å²) in [7, 11) is -4.04. The van der Waals surface area contributed by atoms with Crippen LogP contribution < -0.4 is 10.0 Å². The van der Waals surface area contributed by atoms with Gasteiger partial charge in [-0.2, -0.15) is 0 Å². The summed E-state index contributed by atoms with van der Waals surface area (Å²) in [5.74, 6) is -0.327. The van der Waals surface area contributed by atoms with Gasteiger partial charge in [0, 0.05) is 16.5 Å². The van der Waals surface area contributed by atoms with Crippen LogP contribution in [0.2, 0.25) is 4.34 Å². The summed E-state index contributed by atoms with van der Waals surface area (Å²) in [4.78, 5) is 24.6.